The molecule has 0 fully saturated rings. The minimum atomic E-state index is -0.625. The lowest BCUT2D eigenvalue weighted by Crippen LogP contribution is -2.37. The molecule has 0 saturated heterocycles. The zero-order chi connectivity index (χ0) is 22.7. The molecule has 1 aromatic heterocycles. The summed E-state index contributed by atoms with van der Waals surface area (Å²) < 4.78 is 5.13. The molecule has 0 bridgehead atoms. The maximum absolute atomic E-state index is 12.2. The van der Waals surface area contributed by atoms with Crippen LogP contribution < -0.4 is 16.0 Å². The van der Waals surface area contributed by atoms with Crippen LogP contribution in [-0.2, 0) is 16.0 Å². The van der Waals surface area contributed by atoms with Gasteiger partial charge in [-0.1, -0.05) is 24.3 Å². The average Bonchev–Trinajstić information content (AvgIpc) is 3.14. The Kier molecular flexibility index (Phi) is 5.99. The van der Waals surface area contributed by atoms with Crippen LogP contribution >= 0.6 is 0 Å². The second-order valence-electron chi connectivity index (χ2n) is 8.94. The Bertz CT molecular complexity index is 1150. The number of fused-ring (bicyclic) bond motifs is 2. The van der Waals surface area contributed by atoms with E-state index in [0.29, 0.717) is 5.69 Å². The summed E-state index contributed by atoms with van der Waals surface area (Å²) in [5.74, 6) is 0.499. The first-order valence-corrected chi connectivity index (χ1v) is 10.8. The molecule has 0 spiro atoms. The zero-order valence-corrected chi connectivity index (χ0v) is 18.6. The van der Waals surface area contributed by atoms with Crippen LogP contribution in [0, 0.1) is 0 Å². The fourth-order valence-corrected chi connectivity index (χ4v) is 3.84. The van der Waals surface area contributed by atoms with Gasteiger partial charge in [-0.15, -0.1) is 0 Å². The number of aromatic nitrogens is 1. The van der Waals surface area contributed by atoms with Gasteiger partial charge in [0.2, 0.25) is 5.91 Å². The van der Waals surface area contributed by atoms with E-state index in [1.54, 1.807) is 26.8 Å². The molecule has 0 saturated carbocycles. The van der Waals surface area contributed by atoms with Crippen LogP contribution in [0.4, 0.5) is 16.3 Å². The molecule has 166 valence electrons. The van der Waals surface area contributed by atoms with Gasteiger partial charge in [0.1, 0.15) is 18.0 Å². The van der Waals surface area contributed by atoms with Crippen LogP contribution in [0.25, 0.3) is 10.9 Å². The van der Waals surface area contributed by atoms with Gasteiger partial charge in [0.15, 0.2) is 0 Å². The van der Waals surface area contributed by atoms with Crippen LogP contribution in [-0.4, -0.2) is 29.1 Å². The molecule has 32 heavy (non-hydrogen) atoms. The zero-order valence-electron chi connectivity index (χ0n) is 18.6. The van der Waals surface area contributed by atoms with Crippen molar-refractivity contribution in [2.24, 2.45) is 0 Å². The lowest BCUT2D eigenvalue weighted by molar-refractivity contribution is -0.115. The minimum absolute atomic E-state index is 0.170. The number of amides is 2. The van der Waals surface area contributed by atoms with E-state index in [4.69, 9.17) is 9.72 Å². The first-order chi connectivity index (χ1) is 15.3. The van der Waals surface area contributed by atoms with Crippen LogP contribution in [0.2, 0.25) is 0 Å². The van der Waals surface area contributed by atoms with Crippen molar-refractivity contribution in [2.45, 2.75) is 45.3 Å². The SMILES string of the molecule is CC(C)(C)OC(=O)NCC(=O)Nc1ccc2nc(N[C@@H]3CCc4ccccc43)ccc2c1. The number of nitrogens with zero attached hydrogens (tertiary/aromatic N) is 1. The molecule has 1 aliphatic rings. The summed E-state index contributed by atoms with van der Waals surface area (Å²) >= 11 is 0. The van der Waals surface area contributed by atoms with Crippen LogP contribution in [0.5, 0.6) is 0 Å². The number of nitrogens with one attached hydrogen (secondary N) is 3. The largest absolute Gasteiger partial charge is 0.444 e. The van der Waals surface area contributed by atoms with Gasteiger partial charge in [-0.25, -0.2) is 9.78 Å². The summed E-state index contributed by atoms with van der Waals surface area (Å²) in [6, 6.07) is 18.3. The van der Waals surface area contributed by atoms with Crippen molar-refractivity contribution in [3.05, 3.63) is 65.7 Å². The topological polar surface area (TPSA) is 92.3 Å². The maximum Gasteiger partial charge on any atom is 0.408 e. The number of carbonyl (C=O) groups is 2. The van der Waals surface area contributed by atoms with Crippen molar-refractivity contribution in [3.8, 4) is 0 Å². The van der Waals surface area contributed by atoms with Crippen LogP contribution in [0.15, 0.2) is 54.6 Å². The molecule has 4 rings (SSSR count). The lowest BCUT2D eigenvalue weighted by Gasteiger charge is -2.19. The number of rotatable bonds is 5. The van der Waals surface area contributed by atoms with Crippen molar-refractivity contribution in [2.75, 3.05) is 17.2 Å². The second-order valence-corrected chi connectivity index (χ2v) is 8.94. The Morgan fingerprint density at radius 2 is 1.91 bits per heavy atom. The van der Waals surface area contributed by atoms with Gasteiger partial charge in [0.25, 0.3) is 0 Å². The smallest absolute Gasteiger partial charge is 0.408 e. The van der Waals surface area contributed by atoms with Gasteiger partial charge in [0, 0.05) is 11.1 Å². The summed E-state index contributed by atoms with van der Waals surface area (Å²) in [6.07, 6.45) is 1.51. The highest BCUT2D eigenvalue weighted by atomic mass is 16.6. The Morgan fingerprint density at radius 3 is 2.72 bits per heavy atom. The standard InChI is InChI=1S/C25H28N4O3/c1-25(2,3)32-24(31)26-15-23(30)27-18-10-12-20-17(14-18)9-13-22(28-20)29-21-11-8-16-6-4-5-7-19(16)21/h4-7,9-10,12-14,21H,8,11,15H2,1-3H3,(H,26,31)(H,27,30)(H,28,29)/t21-/m1/s1. The third-order valence-electron chi connectivity index (χ3n) is 5.22. The van der Waals surface area contributed by atoms with E-state index in [0.717, 1.165) is 29.6 Å². The highest BCUT2D eigenvalue weighted by Gasteiger charge is 2.22. The van der Waals surface area contributed by atoms with E-state index in [1.165, 1.54) is 11.1 Å². The van der Waals surface area contributed by atoms with Crippen molar-refractivity contribution in [3.63, 3.8) is 0 Å². The highest BCUT2D eigenvalue weighted by Crippen LogP contribution is 2.33. The monoisotopic (exact) mass is 432 g/mol. The third-order valence-corrected chi connectivity index (χ3v) is 5.22. The maximum atomic E-state index is 12.2. The molecule has 0 unspecified atom stereocenters. The molecule has 3 N–H and O–H groups in total. The molecule has 2 aromatic carbocycles. The van der Waals surface area contributed by atoms with Gasteiger partial charge in [-0.05, 0) is 75.1 Å². The van der Waals surface area contributed by atoms with Gasteiger partial charge in [-0.3, -0.25) is 4.79 Å². The molecule has 2 amide bonds. The van der Waals surface area contributed by atoms with Gasteiger partial charge < -0.3 is 20.7 Å². The fourth-order valence-electron chi connectivity index (χ4n) is 3.84. The average molecular weight is 433 g/mol. The Labute approximate surface area is 187 Å². The number of hydrogen-bond donors (Lipinski definition) is 3. The second kappa shape index (κ2) is 8.86. The summed E-state index contributed by atoms with van der Waals surface area (Å²) in [5.41, 5.74) is 3.60. The quantitative estimate of drug-likeness (QED) is 0.539. The summed E-state index contributed by atoms with van der Waals surface area (Å²) in [7, 11) is 0. The van der Waals surface area contributed by atoms with E-state index < -0.39 is 11.7 Å². The number of anilines is 2. The molecule has 1 atom stereocenters. The lowest BCUT2D eigenvalue weighted by atomic mass is 10.1. The molecule has 3 aromatic rings. The summed E-state index contributed by atoms with van der Waals surface area (Å²) in [6.45, 7) is 5.13. The number of alkyl carbamates (subject to hydrolysis) is 1. The molecule has 0 radical (unpaired) electrons. The van der Waals surface area contributed by atoms with Crippen molar-refractivity contribution in [1.82, 2.24) is 10.3 Å². The molecule has 7 nitrogen and oxygen atoms in total. The van der Waals surface area contributed by atoms with Gasteiger partial charge in [0.05, 0.1) is 11.6 Å². The third kappa shape index (κ3) is 5.35. The van der Waals surface area contributed by atoms with Crippen LogP contribution in [0.1, 0.15) is 44.4 Å². The molecule has 7 heteroatoms. The van der Waals surface area contributed by atoms with Gasteiger partial charge in [-0.2, -0.15) is 0 Å². The normalized spacial score (nSPS) is 15.2. The Hall–Kier alpha value is -3.61. The fraction of sp³-hybridized carbons (Fsp3) is 0.320. The predicted octanol–water partition coefficient (Wildman–Crippen LogP) is 4.80. The number of carbonyl (C=O) groups excluding carboxylic acids is 2. The first-order valence-electron chi connectivity index (χ1n) is 10.8. The van der Waals surface area contributed by atoms with E-state index in [1.807, 2.05) is 24.3 Å². The van der Waals surface area contributed by atoms with E-state index in [-0.39, 0.29) is 18.5 Å². The van der Waals surface area contributed by atoms with Crippen molar-refractivity contribution < 1.29 is 14.3 Å². The van der Waals surface area contributed by atoms with E-state index in [2.05, 4.69) is 40.2 Å². The first kappa shape index (κ1) is 21.6. The number of ether oxygens (including phenoxy) is 1. The Balaban J connectivity index is 1.37. The number of hydrogen-bond acceptors (Lipinski definition) is 5. The molecule has 1 heterocycles. The van der Waals surface area contributed by atoms with Gasteiger partial charge >= 0.3 is 6.09 Å². The summed E-state index contributed by atoms with van der Waals surface area (Å²) in [4.78, 5) is 28.6. The number of benzene rings is 2. The molecule has 0 aliphatic heterocycles. The molecular weight excluding hydrogens is 404 g/mol. The number of pyridine rings is 1. The molecular formula is C25H28N4O3. The predicted molar refractivity (Wildman–Crippen MR) is 126 cm³/mol. The Morgan fingerprint density at radius 1 is 1.09 bits per heavy atom. The molecule has 1 aliphatic carbocycles. The number of aryl methyl sites for hydroxylation is 1. The van der Waals surface area contributed by atoms with Crippen molar-refractivity contribution >= 4 is 34.4 Å². The van der Waals surface area contributed by atoms with E-state index >= 15 is 0 Å². The minimum Gasteiger partial charge on any atom is -0.444 e. The van der Waals surface area contributed by atoms with Crippen LogP contribution in [0.3, 0.4) is 0 Å². The summed E-state index contributed by atoms with van der Waals surface area (Å²) in [5, 5.41) is 9.70. The van der Waals surface area contributed by atoms with E-state index in [9.17, 15) is 9.59 Å². The highest BCUT2D eigenvalue weighted by molar-refractivity contribution is 5.96. The van der Waals surface area contributed by atoms with Crippen molar-refractivity contribution in [1.29, 1.82) is 0 Å².